The molecule has 0 unspecified atom stereocenters. The molecule has 1 aromatic carbocycles. The van der Waals surface area contributed by atoms with Gasteiger partial charge in [0.25, 0.3) is 0 Å². The molecule has 2 amide bonds. The summed E-state index contributed by atoms with van der Waals surface area (Å²) >= 11 is 1.52. The van der Waals surface area contributed by atoms with Crippen molar-refractivity contribution in [1.29, 1.82) is 0 Å². The van der Waals surface area contributed by atoms with Crippen molar-refractivity contribution in [3.63, 3.8) is 0 Å². The number of piperidine rings is 1. The number of anilines is 1. The van der Waals surface area contributed by atoms with E-state index in [1.807, 2.05) is 30.0 Å². The predicted molar refractivity (Wildman–Crippen MR) is 123 cm³/mol. The fraction of sp³-hybridized carbons (Fsp3) is 0.500. The van der Waals surface area contributed by atoms with Gasteiger partial charge in [0.1, 0.15) is 23.4 Å². The molecule has 0 radical (unpaired) electrons. The molecule has 0 spiro atoms. The quantitative estimate of drug-likeness (QED) is 0.564. The molecule has 5 rings (SSSR count). The highest BCUT2D eigenvalue weighted by Gasteiger charge is 2.43. The molecule has 2 saturated heterocycles. The van der Waals surface area contributed by atoms with Gasteiger partial charge in [-0.2, -0.15) is 0 Å². The molecule has 2 bridgehead atoms. The van der Waals surface area contributed by atoms with Crippen molar-refractivity contribution >= 4 is 34.1 Å². The summed E-state index contributed by atoms with van der Waals surface area (Å²) < 4.78 is 25.8. The normalized spacial score (nSPS) is 22.3. The molecule has 2 N–H and O–H groups in total. The molecule has 2 aliphatic rings. The topological polar surface area (TPSA) is 95.9 Å². The zero-order valence-electron chi connectivity index (χ0n) is 18.2. The average Bonchev–Trinajstić information content (AvgIpc) is 3.37. The highest BCUT2D eigenvalue weighted by molar-refractivity contribution is 7.14. The van der Waals surface area contributed by atoms with Gasteiger partial charge in [-0.1, -0.05) is 11.3 Å². The monoisotopic (exact) mass is 473 g/mol. The van der Waals surface area contributed by atoms with Crippen LogP contribution in [-0.4, -0.2) is 68.8 Å². The largest absolute Gasteiger partial charge is 0.323 e. The Morgan fingerprint density at radius 1 is 1.12 bits per heavy atom. The molecule has 2 aromatic heterocycles. The Bertz CT molecular complexity index is 1140. The van der Waals surface area contributed by atoms with Gasteiger partial charge in [0.2, 0.25) is 0 Å². The number of carbonyl (C=O) groups is 1. The number of aryl methyl sites for hydroxylation is 1. The number of hydrogen-bond donors (Lipinski definition) is 2. The van der Waals surface area contributed by atoms with E-state index in [2.05, 4.69) is 31.0 Å². The van der Waals surface area contributed by atoms with Crippen LogP contribution in [0.5, 0.6) is 0 Å². The van der Waals surface area contributed by atoms with Crippen LogP contribution in [0.15, 0.2) is 24.3 Å². The molecule has 2 fully saturated rings. The Hall–Kier alpha value is -2.79. The summed E-state index contributed by atoms with van der Waals surface area (Å²) in [5, 5.41) is 25.2. The molecule has 3 aromatic rings. The third-order valence-electron chi connectivity index (χ3n) is 6.40. The molecule has 33 heavy (non-hydrogen) atoms. The number of benzene rings is 1. The van der Waals surface area contributed by atoms with E-state index < -0.39 is 19.4 Å². The van der Waals surface area contributed by atoms with E-state index >= 15 is 0 Å². The molecule has 0 saturated carbocycles. The first-order valence-electron chi connectivity index (χ1n) is 11.1. The summed E-state index contributed by atoms with van der Waals surface area (Å²) in [6.07, 6.45) is 3.16. The van der Waals surface area contributed by atoms with Crippen LogP contribution in [-0.2, 0) is 0 Å². The first kappa shape index (κ1) is 22.0. The van der Waals surface area contributed by atoms with Crippen molar-refractivity contribution in [2.75, 3.05) is 18.7 Å². The number of halogens is 2. The fourth-order valence-corrected chi connectivity index (χ4v) is 5.62. The minimum absolute atomic E-state index is 0.0194. The fourth-order valence-electron chi connectivity index (χ4n) is 4.93. The van der Waals surface area contributed by atoms with Crippen LogP contribution in [0, 0.1) is 6.92 Å². The molecule has 3 atom stereocenters. The Labute approximate surface area is 193 Å². The van der Waals surface area contributed by atoms with Gasteiger partial charge < -0.3 is 10.2 Å². The molecule has 8 nitrogen and oxygen atoms in total. The lowest BCUT2D eigenvalue weighted by molar-refractivity contribution is 0.133. The standard InChI is InChI=1S/C22H25F2N7OS/c1-12-27-30-21(33-12)13-2-5-19-14(6-13)7-20(29-28-19)26-22(32)31-17-3-4-18(31)9-15(8-17)25-16(10-23)11-24/h2,5-7,15-18,25H,3-4,8-11H2,1H3,(H,26,29,32)/t15-,17-,18+. The van der Waals surface area contributed by atoms with Gasteiger partial charge >= 0.3 is 6.03 Å². The first-order valence-corrected chi connectivity index (χ1v) is 11.9. The average molecular weight is 474 g/mol. The van der Waals surface area contributed by atoms with Crippen LogP contribution >= 0.6 is 11.3 Å². The minimum atomic E-state index is -0.767. The summed E-state index contributed by atoms with van der Waals surface area (Å²) in [4.78, 5) is 15.0. The predicted octanol–water partition coefficient (Wildman–Crippen LogP) is 3.88. The minimum Gasteiger partial charge on any atom is -0.318 e. The van der Waals surface area contributed by atoms with Crippen LogP contribution in [0.25, 0.3) is 21.5 Å². The van der Waals surface area contributed by atoms with Gasteiger partial charge in [-0.25, -0.2) is 13.6 Å². The maximum atomic E-state index is 13.1. The second kappa shape index (κ2) is 9.22. The summed E-state index contributed by atoms with van der Waals surface area (Å²) in [6.45, 7) is 0.453. The van der Waals surface area contributed by atoms with Crippen molar-refractivity contribution in [1.82, 2.24) is 30.6 Å². The second-order valence-corrected chi connectivity index (χ2v) is 9.87. The van der Waals surface area contributed by atoms with Crippen molar-refractivity contribution in [3.05, 3.63) is 29.3 Å². The van der Waals surface area contributed by atoms with Gasteiger partial charge in [0.15, 0.2) is 5.82 Å². The Kier molecular flexibility index (Phi) is 6.15. The molecule has 11 heteroatoms. The van der Waals surface area contributed by atoms with Crippen molar-refractivity contribution in [2.45, 2.75) is 56.8 Å². The summed E-state index contributed by atoms with van der Waals surface area (Å²) in [5.74, 6) is 0.382. The maximum Gasteiger partial charge on any atom is 0.323 e. The van der Waals surface area contributed by atoms with E-state index in [1.54, 1.807) is 6.07 Å². The number of rotatable bonds is 6. The van der Waals surface area contributed by atoms with Crippen molar-refractivity contribution < 1.29 is 13.6 Å². The molecule has 174 valence electrons. The van der Waals surface area contributed by atoms with Gasteiger partial charge in [-0.15, -0.1) is 20.4 Å². The number of fused-ring (bicyclic) bond motifs is 3. The third kappa shape index (κ3) is 4.51. The number of amides is 2. The number of alkyl halides is 2. The van der Waals surface area contributed by atoms with Gasteiger partial charge in [-0.05, 0) is 56.9 Å². The molecule has 4 heterocycles. The summed E-state index contributed by atoms with van der Waals surface area (Å²) in [7, 11) is 0. The lowest BCUT2D eigenvalue weighted by atomic mass is 9.97. The Morgan fingerprint density at radius 2 is 1.88 bits per heavy atom. The molecule has 0 aliphatic carbocycles. The first-order chi connectivity index (χ1) is 16.0. The lowest BCUT2D eigenvalue weighted by Crippen LogP contribution is -2.54. The lowest BCUT2D eigenvalue weighted by Gasteiger charge is -2.39. The molecular weight excluding hydrogens is 448 g/mol. The van der Waals surface area contributed by atoms with E-state index in [1.165, 1.54) is 11.3 Å². The van der Waals surface area contributed by atoms with Crippen LogP contribution in [0.2, 0.25) is 0 Å². The van der Waals surface area contributed by atoms with Crippen LogP contribution in [0.3, 0.4) is 0 Å². The smallest absolute Gasteiger partial charge is 0.318 e. The summed E-state index contributed by atoms with van der Waals surface area (Å²) in [5.41, 5.74) is 1.66. The van der Waals surface area contributed by atoms with E-state index in [4.69, 9.17) is 0 Å². The Morgan fingerprint density at radius 3 is 2.55 bits per heavy atom. The second-order valence-electron chi connectivity index (χ2n) is 8.69. The highest BCUT2D eigenvalue weighted by Crippen LogP contribution is 2.36. The van der Waals surface area contributed by atoms with Gasteiger partial charge in [-0.3, -0.25) is 5.32 Å². The molecular formula is C22H25F2N7OS. The van der Waals surface area contributed by atoms with Gasteiger partial charge in [0.05, 0.1) is 11.6 Å². The van der Waals surface area contributed by atoms with E-state index in [0.717, 1.165) is 39.3 Å². The zero-order chi connectivity index (χ0) is 22.9. The van der Waals surface area contributed by atoms with Crippen molar-refractivity contribution in [3.8, 4) is 10.6 Å². The Balaban J connectivity index is 1.29. The van der Waals surface area contributed by atoms with Crippen LogP contribution in [0.1, 0.15) is 30.7 Å². The van der Waals surface area contributed by atoms with Crippen molar-refractivity contribution in [2.24, 2.45) is 0 Å². The molecule has 2 aliphatic heterocycles. The number of carbonyl (C=O) groups excluding carboxylic acids is 1. The number of nitrogens with zero attached hydrogens (tertiary/aromatic N) is 5. The van der Waals surface area contributed by atoms with E-state index in [-0.39, 0.29) is 24.2 Å². The highest BCUT2D eigenvalue weighted by atomic mass is 32.1. The third-order valence-corrected chi connectivity index (χ3v) is 7.29. The number of nitrogens with one attached hydrogen (secondary N) is 2. The van der Waals surface area contributed by atoms with Crippen LogP contribution in [0.4, 0.5) is 19.4 Å². The van der Waals surface area contributed by atoms with E-state index in [9.17, 15) is 13.6 Å². The number of urea groups is 1. The zero-order valence-corrected chi connectivity index (χ0v) is 19.0. The van der Waals surface area contributed by atoms with Gasteiger partial charge in [0, 0.05) is 29.1 Å². The van der Waals surface area contributed by atoms with Crippen LogP contribution < -0.4 is 10.6 Å². The SMILES string of the molecule is Cc1nnc(-c2ccc3nnc(NC(=O)N4[C@@H]5CC[C@H]4C[C@H](NC(CF)CF)C5)cc3c2)s1. The maximum absolute atomic E-state index is 13.1. The summed E-state index contributed by atoms with van der Waals surface area (Å²) in [6, 6.07) is 6.71. The number of aromatic nitrogens is 4. The number of hydrogen-bond acceptors (Lipinski definition) is 7. The van der Waals surface area contributed by atoms with E-state index in [0.29, 0.717) is 18.7 Å².